The van der Waals surface area contributed by atoms with Crippen molar-refractivity contribution >= 4 is 11.8 Å². The summed E-state index contributed by atoms with van der Waals surface area (Å²) in [5, 5.41) is 22.2. The van der Waals surface area contributed by atoms with Crippen LogP contribution in [0.4, 0.5) is 10.5 Å². The number of ether oxygens (including phenoxy) is 2. The fourth-order valence-electron chi connectivity index (χ4n) is 4.80. The first kappa shape index (κ1) is 15.9. The molecule has 1 aliphatic carbocycles. The topological polar surface area (TPSA) is 102 Å². The smallest absolute Gasteiger partial charge is 0.411 e. The van der Waals surface area contributed by atoms with E-state index >= 15 is 0 Å². The van der Waals surface area contributed by atoms with Crippen LogP contribution in [0.2, 0.25) is 0 Å². The molecular formula is C19H16N2O6. The zero-order valence-corrected chi connectivity index (χ0v) is 14.7. The molecule has 2 aliphatic heterocycles. The summed E-state index contributed by atoms with van der Waals surface area (Å²) in [6, 6.07) is 6.22. The number of rotatable bonds is 2. The van der Waals surface area contributed by atoms with Gasteiger partial charge in [-0.05, 0) is 42.2 Å². The van der Waals surface area contributed by atoms with Crippen molar-refractivity contribution in [1.29, 1.82) is 0 Å². The third kappa shape index (κ3) is 1.75. The number of carbonyl (C=O) groups excluding carboxylic acids is 1. The molecule has 27 heavy (non-hydrogen) atoms. The molecule has 0 spiro atoms. The molecule has 0 unspecified atom stereocenters. The number of nitro groups is 1. The molecule has 138 valence electrons. The van der Waals surface area contributed by atoms with Crippen molar-refractivity contribution in [3.63, 3.8) is 0 Å². The predicted molar refractivity (Wildman–Crippen MR) is 93.7 cm³/mol. The van der Waals surface area contributed by atoms with Crippen LogP contribution < -0.4 is 4.74 Å². The Hall–Kier alpha value is -3.29. The second kappa shape index (κ2) is 4.91. The summed E-state index contributed by atoms with van der Waals surface area (Å²) in [4.78, 5) is 25.0. The molecule has 5 rings (SSSR count). The lowest BCUT2D eigenvalue weighted by Gasteiger charge is -2.45. The first-order valence-electron chi connectivity index (χ1n) is 8.58. The van der Waals surface area contributed by atoms with Crippen LogP contribution in [0.25, 0.3) is 11.1 Å². The van der Waals surface area contributed by atoms with Crippen LogP contribution in [-0.4, -0.2) is 34.7 Å². The summed E-state index contributed by atoms with van der Waals surface area (Å²) >= 11 is 0. The second-order valence-electron chi connectivity index (χ2n) is 7.18. The monoisotopic (exact) mass is 368 g/mol. The Kier molecular flexibility index (Phi) is 2.89. The average molecular weight is 368 g/mol. The van der Waals surface area contributed by atoms with Gasteiger partial charge >= 0.3 is 6.09 Å². The fourth-order valence-corrected chi connectivity index (χ4v) is 4.80. The molecule has 2 atom stereocenters. The first-order chi connectivity index (χ1) is 12.9. The maximum absolute atomic E-state index is 12.5. The number of aromatic hydroxyl groups is 1. The van der Waals surface area contributed by atoms with Gasteiger partial charge in [0, 0.05) is 29.8 Å². The standard InChI is InChI=1S/C19H16N2O6/c1-19-15-9-5-6-20(19)18(23)27-17(19)12-8-10(21(24)25)3-4-11(12)14(15)16(22)13(7-9)26-2/h3-4,7-8,17,22H,5-6H2,1-2H3/t17-,19-/m0/s1. The number of phenolic OH excluding ortho intramolecular Hbond substituents is 1. The highest BCUT2D eigenvalue weighted by atomic mass is 16.6. The largest absolute Gasteiger partial charge is 0.504 e. The van der Waals surface area contributed by atoms with E-state index < -0.39 is 22.7 Å². The summed E-state index contributed by atoms with van der Waals surface area (Å²) in [7, 11) is 1.48. The van der Waals surface area contributed by atoms with E-state index in [-0.39, 0.29) is 11.4 Å². The molecule has 0 radical (unpaired) electrons. The highest BCUT2D eigenvalue weighted by molar-refractivity contribution is 5.88. The van der Waals surface area contributed by atoms with Gasteiger partial charge in [-0.1, -0.05) is 0 Å². The highest BCUT2D eigenvalue weighted by Gasteiger charge is 2.60. The Morgan fingerprint density at radius 2 is 2.19 bits per heavy atom. The van der Waals surface area contributed by atoms with Gasteiger partial charge in [-0.2, -0.15) is 0 Å². The maximum atomic E-state index is 12.5. The molecule has 1 saturated heterocycles. The number of hydrogen-bond acceptors (Lipinski definition) is 6. The summed E-state index contributed by atoms with van der Waals surface area (Å²) in [6.45, 7) is 2.36. The third-order valence-electron chi connectivity index (χ3n) is 5.99. The van der Waals surface area contributed by atoms with E-state index in [2.05, 4.69) is 0 Å². The number of non-ortho nitro benzene ring substituents is 1. The second-order valence-corrected chi connectivity index (χ2v) is 7.18. The van der Waals surface area contributed by atoms with E-state index in [1.165, 1.54) is 19.2 Å². The molecule has 0 saturated carbocycles. The first-order valence-corrected chi connectivity index (χ1v) is 8.58. The lowest BCUT2D eigenvalue weighted by molar-refractivity contribution is -0.385. The summed E-state index contributed by atoms with van der Waals surface area (Å²) in [6.07, 6.45) is -0.522. The van der Waals surface area contributed by atoms with Crippen LogP contribution in [0.5, 0.6) is 11.5 Å². The zero-order valence-electron chi connectivity index (χ0n) is 14.7. The van der Waals surface area contributed by atoms with Crippen molar-refractivity contribution in [2.24, 2.45) is 0 Å². The van der Waals surface area contributed by atoms with Crippen LogP contribution in [0.3, 0.4) is 0 Å². The average Bonchev–Trinajstić information content (AvgIpc) is 2.92. The van der Waals surface area contributed by atoms with E-state index in [9.17, 15) is 20.0 Å². The number of nitro benzene ring substituents is 1. The Balaban J connectivity index is 1.92. The number of nitrogens with zero attached hydrogens (tertiary/aromatic N) is 2. The number of benzene rings is 2. The van der Waals surface area contributed by atoms with Gasteiger partial charge in [-0.15, -0.1) is 0 Å². The lowest BCUT2D eigenvalue weighted by Crippen LogP contribution is -2.49. The SMILES string of the molecule is COc1cc2c3c(c1O)-c1ccc([N+](=O)[O-])cc1[C@@H]1OC(=O)N(CC2)[C@@]31C. The minimum absolute atomic E-state index is 0.0350. The van der Waals surface area contributed by atoms with Crippen molar-refractivity contribution in [3.8, 4) is 22.6 Å². The molecule has 8 nitrogen and oxygen atoms in total. The van der Waals surface area contributed by atoms with Crippen molar-refractivity contribution in [1.82, 2.24) is 4.90 Å². The van der Waals surface area contributed by atoms with Crippen molar-refractivity contribution < 1.29 is 24.3 Å². The maximum Gasteiger partial charge on any atom is 0.411 e. The van der Waals surface area contributed by atoms with Gasteiger partial charge in [0.25, 0.3) is 5.69 Å². The minimum atomic E-state index is -0.841. The Labute approximate surface area is 154 Å². The quantitative estimate of drug-likeness (QED) is 0.645. The lowest BCUT2D eigenvalue weighted by atomic mass is 9.68. The van der Waals surface area contributed by atoms with Crippen LogP contribution in [0.15, 0.2) is 24.3 Å². The van der Waals surface area contributed by atoms with Crippen molar-refractivity contribution in [2.45, 2.75) is 25.0 Å². The van der Waals surface area contributed by atoms with E-state index in [1.807, 2.05) is 6.92 Å². The van der Waals surface area contributed by atoms with E-state index in [1.54, 1.807) is 17.0 Å². The van der Waals surface area contributed by atoms with Crippen LogP contribution in [-0.2, 0) is 16.7 Å². The van der Waals surface area contributed by atoms with E-state index in [0.717, 1.165) is 11.1 Å². The third-order valence-corrected chi connectivity index (χ3v) is 5.99. The number of methoxy groups -OCH3 is 1. The molecule has 1 fully saturated rings. The molecule has 1 amide bonds. The summed E-state index contributed by atoms with van der Waals surface area (Å²) in [5.41, 5.74) is 2.56. The van der Waals surface area contributed by atoms with Gasteiger partial charge in [0.05, 0.1) is 12.0 Å². The van der Waals surface area contributed by atoms with E-state index in [0.29, 0.717) is 35.4 Å². The zero-order chi connectivity index (χ0) is 19.1. The predicted octanol–water partition coefficient (Wildman–Crippen LogP) is 3.25. The molecule has 2 aromatic carbocycles. The van der Waals surface area contributed by atoms with Crippen LogP contribution in [0.1, 0.15) is 29.7 Å². The fraction of sp³-hybridized carbons (Fsp3) is 0.316. The Morgan fingerprint density at radius 3 is 2.89 bits per heavy atom. The molecule has 3 aliphatic rings. The molecule has 2 aromatic rings. The summed E-state index contributed by atoms with van der Waals surface area (Å²) < 4.78 is 11.0. The van der Waals surface area contributed by atoms with Crippen molar-refractivity contribution in [2.75, 3.05) is 13.7 Å². The minimum Gasteiger partial charge on any atom is -0.504 e. The van der Waals surface area contributed by atoms with Crippen LogP contribution in [0, 0.1) is 10.1 Å². The van der Waals surface area contributed by atoms with E-state index in [4.69, 9.17) is 9.47 Å². The van der Waals surface area contributed by atoms with Gasteiger partial charge in [-0.25, -0.2) is 4.79 Å². The van der Waals surface area contributed by atoms with Crippen LogP contribution >= 0.6 is 0 Å². The Bertz CT molecular complexity index is 1050. The van der Waals surface area contributed by atoms with Crippen molar-refractivity contribution in [3.05, 3.63) is 51.1 Å². The van der Waals surface area contributed by atoms with Gasteiger partial charge in [0.15, 0.2) is 17.6 Å². The Morgan fingerprint density at radius 1 is 1.41 bits per heavy atom. The molecule has 8 heteroatoms. The number of fused-ring (bicyclic) bond motifs is 3. The molecular weight excluding hydrogens is 352 g/mol. The van der Waals surface area contributed by atoms with Gasteiger partial charge in [-0.3, -0.25) is 15.0 Å². The normalized spacial score (nSPS) is 24.1. The molecule has 1 N–H and O–H groups in total. The molecule has 0 bridgehead atoms. The number of hydrogen-bond donors (Lipinski definition) is 1. The number of phenols is 1. The molecule has 2 heterocycles. The number of amides is 1. The summed E-state index contributed by atoms with van der Waals surface area (Å²) in [5.74, 6) is 0.307. The number of carbonyl (C=O) groups is 1. The highest BCUT2D eigenvalue weighted by Crippen LogP contribution is 2.62. The van der Waals surface area contributed by atoms with Gasteiger partial charge in [0.2, 0.25) is 0 Å². The van der Waals surface area contributed by atoms with Gasteiger partial charge in [0.1, 0.15) is 5.54 Å². The van der Waals surface area contributed by atoms with Gasteiger partial charge < -0.3 is 14.6 Å². The molecule has 0 aromatic heterocycles.